The first-order valence-corrected chi connectivity index (χ1v) is 9.45. The molecule has 9 nitrogen and oxygen atoms in total. The Morgan fingerprint density at radius 3 is 2.20 bits per heavy atom. The van der Waals surface area contributed by atoms with Gasteiger partial charge in [-0.1, -0.05) is 54.6 Å². The Morgan fingerprint density at radius 2 is 1.57 bits per heavy atom. The van der Waals surface area contributed by atoms with Gasteiger partial charge in [-0.15, -0.1) is 0 Å². The second-order valence-corrected chi connectivity index (χ2v) is 7.96. The number of likely N-dealkylation sites (N-methyl/N-ethyl adjacent to an activating group) is 1. The molecular formula is C21H19N3O6. The maximum absolute atomic E-state index is 13.4. The fraction of sp³-hybridized carbons (Fsp3) is 0.333. The number of benzene rings is 2. The van der Waals surface area contributed by atoms with Crippen molar-refractivity contribution < 1.29 is 19.4 Å². The van der Waals surface area contributed by atoms with Crippen LogP contribution in [0.15, 0.2) is 54.6 Å². The summed E-state index contributed by atoms with van der Waals surface area (Å²) in [5.41, 5.74) is -3.81. The molecule has 1 saturated heterocycles. The molecule has 2 bridgehead atoms. The van der Waals surface area contributed by atoms with Crippen LogP contribution in [-0.4, -0.2) is 52.0 Å². The van der Waals surface area contributed by atoms with Crippen LogP contribution in [0.4, 0.5) is 0 Å². The number of likely N-dealkylation sites (tertiary alicyclic amines) is 1. The van der Waals surface area contributed by atoms with E-state index in [2.05, 4.69) is 0 Å². The number of Topliss-reactive ketones (excluding diaryl/α,β-unsaturated/α-hetero) is 2. The summed E-state index contributed by atoms with van der Waals surface area (Å²) in [6.07, 6.45) is -0.472. The van der Waals surface area contributed by atoms with Gasteiger partial charge < -0.3 is 0 Å². The predicted octanol–water partition coefficient (Wildman–Crippen LogP) is 2.21. The van der Waals surface area contributed by atoms with Crippen LogP contribution in [0, 0.1) is 26.1 Å². The van der Waals surface area contributed by atoms with Crippen LogP contribution in [0.1, 0.15) is 32.7 Å². The van der Waals surface area contributed by atoms with E-state index in [-0.39, 0.29) is 24.2 Å². The fourth-order valence-corrected chi connectivity index (χ4v) is 5.11. The molecule has 3 atom stereocenters. The molecule has 0 saturated carbocycles. The Labute approximate surface area is 171 Å². The zero-order valence-corrected chi connectivity index (χ0v) is 16.2. The van der Waals surface area contributed by atoms with E-state index in [0.717, 1.165) is 0 Å². The minimum atomic E-state index is -2.28. The number of piperidine rings is 1. The average Bonchev–Trinajstić information content (AvgIpc) is 2.73. The van der Waals surface area contributed by atoms with E-state index in [4.69, 9.17) is 0 Å². The smallest absolute Gasteiger partial charge is 0.294 e. The Bertz CT molecular complexity index is 1070. The standard InChI is InChI=1S/C21H19N3O6/c1-22-12-20(23(27)28)16-10-6-5-9-15(16)19(26)21(13-22,24(29)30)18(20)11-17(25)14-7-3-2-4-8-14/h2-10,18H,11-13H2,1H3/t18-,20+,21-/m1/s1. The van der Waals surface area contributed by atoms with Gasteiger partial charge in [-0.2, -0.15) is 0 Å². The molecule has 0 spiro atoms. The number of carbonyl (C=O) groups excluding carboxylic acids is 2. The molecule has 1 aliphatic heterocycles. The molecule has 1 heterocycles. The van der Waals surface area contributed by atoms with Gasteiger partial charge in [-0.05, 0) is 7.05 Å². The second kappa shape index (κ2) is 6.81. The summed E-state index contributed by atoms with van der Waals surface area (Å²) in [7, 11) is 1.52. The quantitative estimate of drug-likeness (QED) is 0.421. The van der Waals surface area contributed by atoms with Crippen molar-refractivity contribution in [2.24, 2.45) is 5.92 Å². The molecular weight excluding hydrogens is 390 g/mol. The summed E-state index contributed by atoms with van der Waals surface area (Å²) < 4.78 is 0. The molecule has 2 aliphatic rings. The molecule has 1 aliphatic carbocycles. The van der Waals surface area contributed by atoms with Gasteiger partial charge in [-0.25, -0.2) is 0 Å². The van der Waals surface area contributed by atoms with Crippen LogP contribution in [-0.2, 0) is 5.54 Å². The first-order valence-electron chi connectivity index (χ1n) is 9.45. The van der Waals surface area contributed by atoms with Crippen molar-refractivity contribution in [2.75, 3.05) is 20.1 Å². The van der Waals surface area contributed by atoms with E-state index in [1.54, 1.807) is 36.4 Å². The lowest BCUT2D eigenvalue weighted by Gasteiger charge is -2.50. The fourth-order valence-electron chi connectivity index (χ4n) is 5.11. The Kier molecular flexibility index (Phi) is 4.50. The van der Waals surface area contributed by atoms with Gasteiger partial charge in [0.2, 0.25) is 5.78 Å². The van der Waals surface area contributed by atoms with Crippen LogP contribution in [0.25, 0.3) is 0 Å². The third-order valence-electron chi connectivity index (χ3n) is 6.34. The third kappa shape index (κ3) is 2.51. The normalized spacial score (nSPS) is 27.9. The molecule has 2 aromatic rings. The van der Waals surface area contributed by atoms with Crippen LogP contribution in [0.2, 0.25) is 0 Å². The highest BCUT2D eigenvalue weighted by Gasteiger charge is 2.77. The van der Waals surface area contributed by atoms with Gasteiger partial charge in [0.25, 0.3) is 5.54 Å². The van der Waals surface area contributed by atoms with Gasteiger partial charge in [0.1, 0.15) is 5.92 Å². The molecule has 0 N–H and O–H groups in total. The molecule has 154 valence electrons. The van der Waals surface area contributed by atoms with Gasteiger partial charge in [-0.3, -0.25) is 34.7 Å². The monoisotopic (exact) mass is 409 g/mol. The van der Waals surface area contributed by atoms with E-state index in [1.807, 2.05) is 0 Å². The third-order valence-corrected chi connectivity index (χ3v) is 6.34. The van der Waals surface area contributed by atoms with Crippen molar-refractivity contribution in [3.8, 4) is 0 Å². The van der Waals surface area contributed by atoms with Crippen molar-refractivity contribution in [3.05, 3.63) is 91.5 Å². The van der Waals surface area contributed by atoms with Gasteiger partial charge in [0, 0.05) is 33.0 Å². The van der Waals surface area contributed by atoms with E-state index in [1.165, 1.54) is 30.1 Å². The van der Waals surface area contributed by atoms with Crippen LogP contribution < -0.4 is 0 Å². The zero-order valence-electron chi connectivity index (χ0n) is 16.2. The summed E-state index contributed by atoms with van der Waals surface area (Å²) in [4.78, 5) is 51.5. The number of nitro groups is 2. The molecule has 30 heavy (non-hydrogen) atoms. The highest BCUT2D eigenvalue weighted by Crippen LogP contribution is 2.53. The highest BCUT2D eigenvalue weighted by molar-refractivity contribution is 6.07. The summed E-state index contributed by atoms with van der Waals surface area (Å²) in [5, 5.41) is 24.9. The maximum atomic E-state index is 13.4. The first kappa shape index (κ1) is 19.8. The Hall–Kier alpha value is -3.46. The minimum absolute atomic E-state index is 0.0117. The number of hydrogen-bond donors (Lipinski definition) is 0. The highest BCUT2D eigenvalue weighted by atomic mass is 16.6. The molecule has 0 radical (unpaired) electrons. The van der Waals surface area contributed by atoms with Gasteiger partial charge in [0.15, 0.2) is 5.78 Å². The zero-order chi connectivity index (χ0) is 21.7. The largest absolute Gasteiger partial charge is 0.306 e. The van der Waals surface area contributed by atoms with E-state index < -0.39 is 44.8 Å². The second-order valence-electron chi connectivity index (χ2n) is 7.96. The summed E-state index contributed by atoms with van der Waals surface area (Å²) in [6, 6.07) is 14.1. The lowest BCUT2D eigenvalue weighted by molar-refractivity contribution is -0.639. The maximum Gasteiger partial charge on any atom is 0.306 e. The van der Waals surface area contributed by atoms with Gasteiger partial charge in [0.05, 0.1) is 13.1 Å². The molecule has 2 aromatic carbocycles. The molecule has 1 fully saturated rings. The number of rotatable bonds is 5. The predicted molar refractivity (Wildman–Crippen MR) is 106 cm³/mol. The summed E-state index contributed by atoms with van der Waals surface area (Å²) >= 11 is 0. The van der Waals surface area contributed by atoms with Crippen LogP contribution in [0.3, 0.4) is 0 Å². The first-order chi connectivity index (χ1) is 14.2. The van der Waals surface area contributed by atoms with E-state index >= 15 is 0 Å². The van der Waals surface area contributed by atoms with Crippen molar-refractivity contribution in [2.45, 2.75) is 17.5 Å². The van der Waals surface area contributed by atoms with Crippen LogP contribution in [0.5, 0.6) is 0 Å². The number of carbonyl (C=O) groups is 2. The average molecular weight is 409 g/mol. The lowest BCUT2D eigenvalue weighted by atomic mass is 9.56. The molecule has 0 aromatic heterocycles. The Morgan fingerprint density at radius 1 is 1.00 bits per heavy atom. The van der Waals surface area contributed by atoms with Gasteiger partial charge >= 0.3 is 5.54 Å². The molecule has 0 unspecified atom stereocenters. The van der Waals surface area contributed by atoms with Crippen LogP contribution >= 0.6 is 0 Å². The van der Waals surface area contributed by atoms with E-state index in [9.17, 15) is 29.8 Å². The molecule has 4 rings (SSSR count). The minimum Gasteiger partial charge on any atom is -0.294 e. The number of nitrogens with zero attached hydrogens (tertiary/aromatic N) is 3. The van der Waals surface area contributed by atoms with Crippen molar-refractivity contribution in [1.82, 2.24) is 4.90 Å². The van der Waals surface area contributed by atoms with Crippen molar-refractivity contribution in [3.63, 3.8) is 0 Å². The lowest BCUT2D eigenvalue weighted by Crippen LogP contribution is -2.75. The number of fused-ring (bicyclic) bond motifs is 4. The van der Waals surface area contributed by atoms with E-state index in [0.29, 0.717) is 5.56 Å². The number of ketones is 2. The van der Waals surface area contributed by atoms with Crippen molar-refractivity contribution >= 4 is 11.6 Å². The SMILES string of the molecule is CN1C[C@]2([N+](=O)[O-])C(=O)c3ccccc3[C@@]([N+](=O)[O-])(C1)[C@H]2CC(=O)c1ccccc1. The van der Waals surface area contributed by atoms with Crippen molar-refractivity contribution in [1.29, 1.82) is 0 Å². The summed E-state index contributed by atoms with van der Waals surface area (Å²) in [5.74, 6) is -2.66. The molecule has 9 heteroatoms. The summed E-state index contributed by atoms with van der Waals surface area (Å²) in [6.45, 7) is -0.428. The topological polar surface area (TPSA) is 124 Å². The molecule has 0 amide bonds. The number of hydrogen-bond acceptors (Lipinski definition) is 7. The Balaban J connectivity index is 1.98.